The number of ether oxygens (including phenoxy) is 1. The molecule has 3 aromatic rings. The fourth-order valence-electron chi connectivity index (χ4n) is 2.70. The smallest absolute Gasteiger partial charge is 0.225 e. The largest absolute Gasteiger partial charge is 0.494 e. The van der Waals surface area contributed by atoms with E-state index >= 15 is 0 Å². The predicted molar refractivity (Wildman–Crippen MR) is 103 cm³/mol. The number of carbonyl (C=O) groups is 1. The molecule has 0 saturated heterocycles. The molecule has 0 radical (unpaired) electrons. The fourth-order valence-corrected chi connectivity index (χ4v) is 2.70. The summed E-state index contributed by atoms with van der Waals surface area (Å²) in [4.78, 5) is 12.3. The summed E-state index contributed by atoms with van der Waals surface area (Å²) < 4.78 is 20.4. The number of anilines is 1. The summed E-state index contributed by atoms with van der Waals surface area (Å²) in [6.07, 6.45) is 0.933. The number of amides is 1. The van der Waals surface area contributed by atoms with Crippen LogP contribution >= 0.6 is 0 Å². The molecule has 0 aliphatic carbocycles. The van der Waals surface area contributed by atoms with Gasteiger partial charge in [0.2, 0.25) is 5.91 Å². The summed E-state index contributed by atoms with van der Waals surface area (Å²) in [6.45, 7) is 4.31. The van der Waals surface area contributed by atoms with E-state index in [1.807, 2.05) is 38.1 Å². The van der Waals surface area contributed by atoms with Crippen molar-refractivity contribution < 1.29 is 13.9 Å². The van der Waals surface area contributed by atoms with Gasteiger partial charge in [-0.2, -0.15) is 5.10 Å². The third kappa shape index (κ3) is 5.17. The average Bonchev–Trinajstić information content (AvgIpc) is 2.99. The van der Waals surface area contributed by atoms with E-state index in [0.29, 0.717) is 31.0 Å². The number of benzene rings is 2. The molecule has 0 aliphatic rings. The van der Waals surface area contributed by atoms with Crippen LogP contribution < -0.4 is 10.1 Å². The van der Waals surface area contributed by atoms with Crippen LogP contribution in [0.3, 0.4) is 0 Å². The molecule has 1 amide bonds. The van der Waals surface area contributed by atoms with Crippen LogP contribution in [-0.2, 0) is 4.79 Å². The van der Waals surface area contributed by atoms with Gasteiger partial charge in [0.05, 0.1) is 18.0 Å². The van der Waals surface area contributed by atoms with Crippen molar-refractivity contribution in [2.45, 2.75) is 26.7 Å². The SMILES string of the molecule is Cc1cccc(OCCCC(=O)Nc2cc(C)nn2-c2ccc(F)cc2)c1. The molecular formula is C21H22FN3O2. The van der Waals surface area contributed by atoms with Crippen molar-refractivity contribution in [3.05, 3.63) is 71.7 Å². The zero-order valence-electron chi connectivity index (χ0n) is 15.4. The molecule has 0 unspecified atom stereocenters. The van der Waals surface area contributed by atoms with E-state index in [1.54, 1.807) is 22.9 Å². The highest BCUT2D eigenvalue weighted by Gasteiger charge is 2.11. The van der Waals surface area contributed by atoms with Crippen LogP contribution in [0.15, 0.2) is 54.6 Å². The highest BCUT2D eigenvalue weighted by molar-refractivity contribution is 5.90. The third-order valence-electron chi connectivity index (χ3n) is 3.98. The van der Waals surface area contributed by atoms with Gasteiger partial charge < -0.3 is 10.1 Å². The zero-order valence-corrected chi connectivity index (χ0v) is 15.4. The van der Waals surface area contributed by atoms with Crippen molar-refractivity contribution in [2.75, 3.05) is 11.9 Å². The molecule has 0 spiro atoms. The Hall–Kier alpha value is -3.15. The molecule has 0 fully saturated rings. The third-order valence-corrected chi connectivity index (χ3v) is 3.98. The number of hydrogen-bond acceptors (Lipinski definition) is 3. The van der Waals surface area contributed by atoms with Gasteiger partial charge in [0.15, 0.2) is 0 Å². The maximum Gasteiger partial charge on any atom is 0.225 e. The Morgan fingerprint density at radius 3 is 2.67 bits per heavy atom. The first-order chi connectivity index (χ1) is 13.0. The van der Waals surface area contributed by atoms with Gasteiger partial charge >= 0.3 is 0 Å². The maximum absolute atomic E-state index is 13.1. The van der Waals surface area contributed by atoms with Crippen LogP contribution in [0.5, 0.6) is 5.75 Å². The van der Waals surface area contributed by atoms with Crippen molar-refractivity contribution in [1.82, 2.24) is 9.78 Å². The van der Waals surface area contributed by atoms with Gasteiger partial charge in [0, 0.05) is 12.5 Å². The van der Waals surface area contributed by atoms with Crippen LogP contribution in [0.2, 0.25) is 0 Å². The summed E-state index contributed by atoms with van der Waals surface area (Å²) in [5, 5.41) is 7.23. The molecule has 5 nitrogen and oxygen atoms in total. The van der Waals surface area contributed by atoms with E-state index in [4.69, 9.17) is 4.74 Å². The van der Waals surface area contributed by atoms with E-state index in [1.165, 1.54) is 12.1 Å². The minimum atomic E-state index is -0.318. The molecule has 1 heterocycles. The lowest BCUT2D eigenvalue weighted by Crippen LogP contribution is -2.15. The Bertz CT molecular complexity index is 919. The molecule has 27 heavy (non-hydrogen) atoms. The Morgan fingerprint density at radius 2 is 1.93 bits per heavy atom. The molecule has 140 valence electrons. The van der Waals surface area contributed by atoms with Crippen molar-refractivity contribution in [2.24, 2.45) is 0 Å². The first-order valence-electron chi connectivity index (χ1n) is 8.83. The molecule has 0 saturated carbocycles. The predicted octanol–water partition coefficient (Wildman–Crippen LogP) is 4.43. The van der Waals surface area contributed by atoms with Crippen molar-refractivity contribution >= 4 is 11.7 Å². The Labute approximate surface area is 157 Å². The van der Waals surface area contributed by atoms with E-state index < -0.39 is 0 Å². The first-order valence-corrected chi connectivity index (χ1v) is 8.83. The van der Waals surface area contributed by atoms with E-state index in [0.717, 1.165) is 17.0 Å². The lowest BCUT2D eigenvalue weighted by atomic mass is 10.2. The number of carbonyl (C=O) groups excluding carboxylic acids is 1. The fraction of sp³-hybridized carbons (Fsp3) is 0.238. The number of halogens is 1. The number of aryl methyl sites for hydroxylation is 2. The Balaban J connectivity index is 1.54. The van der Waals surface area contributed by atoms with Gasteiger partial charge in [-0.1, -0.05) is 12.1 Å². The molecule has 0 aliphatic heterocycles. The summed E-state index contributed by atoms with van der Waals surface area (Å²) in [6, 6.07) is 15.6. The van der Waals surface area contributed by atoms with E-state index in [9.17, 15) is 9.18 Å². The van der Waals surface area contributed by atoms with Crippen LogP contribution in [0.25, 0.3) is 5.69 Å². The second kappa shape index (κ2) is 8.49. The average molecular weight is 367 g/mol. The van der Waals surface area contributed by atoms with Gasteiger partial charge in [-0.3, -0.25) is 4.79 Å². The normalized spacial score (nSPS) is 10.6. The standard InChI is InChI=1S/C21H22FN3O2/c1-15-5-3-6-19(13-15)27-12-4-7-21(26)23-20-14-16(2)24-25(20)18-10-8-17(22)9-11-18/h3,5-6,8-11,13-14H,4,7,12H2,1-2H3,(H,23,26). The van der Waals surface area contributed by atoms with Crippen LogP contribution in [-0.4, -0.2) is 22.3 Å². The molecular weight excluding hydrogens is 345 g/mol. The van der Waals surface area contributed by atoms with Crippen LogP contribution in [0.4, 0.5) is 10.2 Å². The van der Waals surface area contributed by atoms with E-state index in [-0.39, 0.29) is 11.7 Å². The van der Waals surface area contributed by atoms with Crippen molar-refractivity contribution in [3.63, 3.8) is 0 Å². The number of nitrogens with one attached hydrogen (secondary N) is 1. The molecule has 6 heteroatoms. The van der Waals surface area contributed by atoms with Gasteiger partial charge in [0.25, 0.3) is 0 Å². The summed E-state index contributed by atoms with van der Waals surface area (Å²) in [7, 11) is 0. The monoisotopic (exact) mass is 367 g/mol. The summed E-state index contributed by atoms with van der Waals surface area (Å²) in [5.74, 6) is 0.928. The van der Waals surface area contributed by atoms with E-state index in [2.05, 4.69) is 10.4 Å². The van der Waals surface area contributed by atoms with Gasteiger partial charge in [0.1, 0.15) is 17.4 Å². The number of nitrogens with zero attached hydrogens (tertiary/aromatic N) is 2. The Kier molecular flexibility index (Phi) is 5.86. The molecule has 3 rings (SSSR count). The molecule has 0 atom stereocenters. The number of aromatic nitrogens is 2. The second-order valence-corrected chi connectivity index (χ2v) is 6.38. The lowest BCUT2D eigenvalue weighted by Gasteiger charge is -2.10. The molecule has 2 aromatic carbocycles. The summed E-state index contributed by atoms with van der Waals surface area (Å²) >= 11 is 0. The second-order valence-electron chi connectivity index (χ2n) is 6.38. The molecule has 1 N–H and O–H groups in total. The molecule has 1 aromatic heterocycles. The van der Waals surface area contributed by atoms with Crippen LogP contribution in [0.1, 0.15) is 24.1 Å². The maximum atomic E-state index is 13.1. The first kappa shape index (κ1) is 18.6. The lowest BCUT2D eigenvalue weighted by molar-refractivity contribution is -0.116. The number of hydrogen-bond donors (Lipinski definition) is 1. The Morgan fingerprint density at radius 1 is 1.15 bits per heavy atom. The topological polar surface area (TPSA) is 56.1 Å². The van der Waals surface area contributed by atoms with Gasteiger partial charge in [-0.25, -0.2) is 9.07 Å². The quantitative estimate of drug-likeness (QED) is 0.629. The minimum absolute atomic E-state index is 0.119. The zero-order chi connectivity index (χ0) is 19.2. The van der Waals surface area contributed by atoms with Crippen molar-refractivity contribution in [3.8, 4) is 11.4 Å². The minimum Gasteiger partial charge on any atom is -0.494 e. The van der Waals surface area contributed by atoms with Gasteiger partial charge in [-0.05, 0) is 62.2 Å². The van der Waals surface area contributed by atoms with Crippen molar-refractivity contribution in [1.29, 1.82) is 0 Å². The summed E-state index contributed by atoms with van der Waals surface area (Å²) in [5.41, 5.74) is 2.58. The highest BCUT2D eigenvalue weighted by Crippen LogP contribution is 2.18. The number of rotatable bonds is 7. The molecule has 0 bridgehead atoms. The highest BCUT2D eigenvalue weighted by atomic mass is 19.1. The van der Waals surface area contributed by atoms with Gasteiger partial charge in [-0.15, -0.1) is 0 Å². The van der Waals surface area contributed by atoms with Crippen LogP contribution in [0, 0.1) is 19.7 Å².